The van der Waals surface area contributed by atoms with Gasteiger partial charge in [0, 0.05) is 23.9 Å². The first-order valence-corrected chi connectivity index (χ1v) is 9.71. The smallest absolute Gasteiger partial charge is 0.358 e. The average molecular weight is 392 g/mol. The molecule has 0 bridgehead atoms. The standard InChI is InChI=1S/C22H24N4O3/c1-3-5-12-21(27)24-17-10-8-9-16(14-17)19-15-18(22(28)29-4-2)25-26(19)20-11-6-7-13-23-20/h6-11,13-15H,3-5,12H2,1-2H3,(H,24,27). The Morgan fingerprint density at radius 1 is 1.10 bits per heavy atom. The van der Waals surface area contributed by atoms with Crippen LogP contribution in [0.3, 0.4) is 0 Å². The number of carbonyl (C=O) groups is 2. The first-order chi connectivity index (χ1) is 14.1. The van der Waals surface area contributed by atoms with Gasteiger partial charge in [0.15, 0.2) is 11.5 Å². The minimum Gasteiger partial charge on any atom is -0.461 e. The first-order valence-electron chi connectivity index (χ1n) is 9.71. The Morgan fingerprint density at radius 3 is 2.69 bits per heavy atom. The van der Waals surface area contributed by atoms with Crippen molar-refractivity contribution in [3.8, 4) is 17.1 Å². The molecule has 29 heavy (non-hydrogen) atoms. The van der Waals surface area contributed by atoms with Gasteiger partial charge in [0.1, 0.15) is 0 Å². The number of unbranched alkanes of at least 4 members (excludes halogenated alkanes) is 1. The summed E-state index contributed by atoms with van der Waals surface area (Å²) in [7, 11) is 0. The monoisotopic (exact) mass is 392 g/mol. The highest BCUT2D eigenvalue weighted by molar-refractivity contribution is 5.92. The molecular weight excluding hydrogens is 368 g/mol. The van der Waals surface area contributed by atoms with E-state index in [9.17, 15) is 9.59 Å². The van der Waals surface area contributed by atoms with Gasteiger partial charge in [-0.15, -0.1) is 0 Å². The van der Waals surface area contributed by atoms with Crippen LogP contribution in [0.15, 0.2) is 54.7 Å². The summed E-state index contributed by atoms with van der Waals surface area (Å²) in [5, 5.41) is 7.32. The molecule has 0 saturated heterocycles. The van der Waals surface area contributed by atoms with Crippen LogP contribution in [0.1, 0.15) is 43.6 Å². The molecule has 1 N–H and O–H groups in total. The number of benzene rings is 1. The first kappa shape index (κ1) is 20.3. The van der Waals surface area contributed by atoms with Gasteiger partial charge in [0.25, 0.3) is 0 Å². The van der Waals surface area contributed by atoms with E-state index in [1.54, 1.807) is 23.9 Å². The Kier molecular flexibility index (Phi) is 6.73. The summed E-state index contributed by atoms with van der Waals surface area (Å²) in [6.07, 6.45) is 3.96. The van der Waals surface area contributed by atoms with Gasteiger partial charge in [-0.2, -0.15) is 5.10 Å². The molecule has 0 saturated carbocycles. The fraction of sp³-hybridized carbons (Fsp3) is 0.273. The summed E-state index contributed by atoms with van der Waals surface area (Å²) in [5.41, 5.74) is 2.36. The SMILES string of the molecule is CCCCC(=O)Nc1cccc(-c2cc(C(=O)OCC)nn2-c2ccccn2)c1. The summed E-state index contributed by atoms with van der Waals surface area (Å²) in [6.45, 7) is 4.07. The van der Waals surface area contributed by atoms with E-state index in [0.717, 1.165) is 18.4 Å². The van der Waals surface area contributed by atoms with Crippen molar-refractivity contribution in [2.75, 3.05) is 11.9 Å². The number of nitrogens with one attached hydrogen (secondary N) is 1. The zero-order chi connectivity index (χ0) is 20.6. The molecular formula is C22H24N4O3. The van der Waals surface area contributed by atoms with Crippen LogP contribution in [-0.2, 0) is 9.53 Å². The molecule has 7 nitrogen and oxygen atoms in total. The van der Waals surface area contributed by atoms with E-state index in [1.807, 2.05) is 49.4 Å². The number of hydrogen-bond acceptors (Lipinski definition) is 5. The molecule has 1 aromatic carbocycles. The lowest BCUT2D eigenvalue weighted by atomic mass is 10.1. The lowest BCUT2D eigenvalue weighted by molar-refractivity contribution is -0.116. The summed E-state index contributed by atoms with van der Waals surface area (Å²) in [6, 6.07) is 14.6. The summed E-state index contributed by atoms with van der Waals surface area (Å²) in [4.78, 5) is 28.6. The molecule has 0 aliphatic heterocycles. The Balaban J connectivity index is 1.98. The second-order valence-electron chi connectivity index (χ2n) is 6.47. The molecule has 0 spiro atoms. The van der Waals surface area contributed by atoms with Gasteiger partial charge < -0.3 is 10.1 Å². The van der Waals surface area contributed by atoms with E-state index in [4.69, 9.17) is 4.74 Å². The molecule has 150 valence electrons. The molecule has 0 radical (unpaired) electrons. The van der Waals surface area contributed by atoms with Crippen molar-refractivity contribution >= 4 is 17.6 Å². The lowest BCUT2D eigenvalue weighted by Crippen LogP contribution is -2.11. The Hall–Kier alpha value is -3.48. The van der Waals surface area contributed by atoms with E-state index >= 15 is 0 Å². The number of rotatable bonds is 8. The van der Waals surface area contributed by atoms with Crippen molar-refractivity contribution in [2.45, 2.75) is 33.1 Å². The maximum Gasteiger partial charge on any atom is 0.358 e. The Bertz CT molecular complexity index is 983. The third kappa shape index (κ3) is 5.07. The van der Waals surface area contributed by atoms with Gasteiger partial charge in [0.2, 0.25) is 5.91 Å². The average Bonchev–Trinajstić information content (AvgIpc) is 3.19. The normalized spacial score (nSPS) is 10.6. The Labute approximate surface area is 169 Å². The predicted molar refractivity (Wildman–Crippen MR) is 111 cm³/mol. The van der Waals surface area contributed by atoms with Gasteiger partial charge in [-0.3, -0.25) is 4.79 Å². The zero-order valence-electron chi connectivity index (χ0n) is 16.6. The fourth-order valence-electron chi connectivity index (χ4n) is 2.86. The maximum absolute atomic E-state index is 12.2. The minimum absolute atomic E-state index is 0.0190. The van der Waals surface area contributed by atoms with Crippen LogP contribution in [0, 0.1) is 0 Å². The van der Waals surface area contributed by atoms with Crippen LogP contribution >= 0.6 is 0 Å². The van der Waals surface area contributed by atoms with Crippen molar-refractivity contribution in [1.29, 1.82) is 0 Å². The van der Waals surface area contributed by atoms with Gasteiger partial charge in [0.05, 0.1) is 12.3 Å². The van der Waals surface area contributed by atoms with E-state index in [2.05, 4.69) is 15.4 Å². The van der Waals surface area contributed by atoms with Crippen molar-refractivity contribution < 1.29 is 14.3 Å². The molecule has 0 atom stereocenters. The van der Waals surface area contributed by atoms with Gasteiger partial charge >= 0.3 is 5.97 Å². The maximum atomic E-state index is 12.2. The molecule has 2 aromatic heterocycles. The van der Waals surface area contributed by atoms with Crippen LogP contribution in [0.25, 0.3) is 17.1 Å². The molecule has 2 heterocycles. The molecule has 7 heteroatoms. The number of nitrogens with zero attached hydrogens (tertiary/aromatic N) is 3. The van der Waals surface area contributed by atoms with Gasteiger partial charge in [-0.1, -0.05) is 31.5 Å². The van der Waals surface area contributed by atoms with Crippen molar-refractivity contribution in [2.24, 2.45) is 0 Å². The Morgan fingerprint density at radius 2 is 1.97 bits per heavy atom. The number of hydrogen-bond donors (Lipinski definition) is 1. The lowest BCUT2D eigenvalue weighted by Gasteiger charge is -2.09. The third-order valence-corrected chi connectivity index (χ3v) is 4.26. The molecule has 0 unspecified atom stereocenters. The van der Waals surface area contributed by atoms with Crippen LogP contribution < -0.4 is 5.32 Å². The fourth-order valence-corrected chi connectivity index (χ4v) is 2.86. The second kappa shape index (κ2) is 9.64. The number of pyridine rings is 1. The number of amides is 1. The van der Waals surface area contributed by atoms with Crippen molar-refractivity contribution in [1.82, 2.24) is 14.8 Å². The topological polar surface area (TPSA) is 86.1 Å². The molecule has 0 aliphatic carbocycles. The van der Waals surface area contributed by atoms with Crippen molar-refractivity contribution in [3.05, 3.63) is 60.4 Å². The van der Waals surface area contributed by atoms with Crippen molar-refractivity contribution in [3.63, 3.8) is 0 Å². The van der Waals surface area contributed by atoms with E-state index in [1.165, 1.54) is 0 Å². The van der Waals surface area contributed by atoms with Crippen LogP contribution in [-0.4, -0.2) is 33.2 Å². The highest BCUT2D eigenvalue weighted by Crippen LogP contribution is 2.26. The summed E-state index contributed by atoms with van der Waals surface area (Å²) < 4.78 is 6.69. The van der Waals surface area contributed by atoms with Crippen LogP contribution in [0.4, 0.5) is 5.69 Å². The third-order valence-electron chi connectivity index (χ3n) is 4.26. The number of anilines is 1. The molecule has 1 amide bonds. The number of aromatic nitrogens is 3. The number of ether oxygens (including phenoxy) is 1. The quantitative estimate of drug-likeness (QED) is 0.580. The zero-order valence-corrected chi connectivity index (χ0v) is 16.6. The molecule has 3 rings (SSSR count). The van der Waals surface area contributed by atoms with E-state index < -0.39 is 5.97 Å². The van der Waals surface area contributed by atoms with Crippen LogP contribution in [0.2, 0.25) is 0 Å². The van der Waals surface area contributed by atoms with E-state index in [0.29, 0.717) is 23.6 Å². The number of esters is 1. The predicted octanol–water partition coefficient (Wildman–Crippen LogP) is 4.24. The molecule has 0 aliphatic rings. The summed E-state index contributed by atoms with van der Waals surface area (Å²) >= 11 is 0. The van der Waals surface area contributed by atoms with Gasteiger partial charge in [-0.25, -0.2) is 14.5 Å². The van der Waals surface area contributed by atoms with Gasteiger partial charge in [-0.05, 0) is 43.7 Å². The molecule has 0 fully saturated rings. The van der Waals surface area contributed by atoms with E-state index in [-0.39, 0.29) is 18.2 Å². The highest BCUT2D eigenvalue weighted by Gasteiger charge is 2.18. The number of carbonyl (C=O) groups excluding carboxylic acids is 2. The highest BCUT2D eigenvalue weighted by atomic mass is 16.5. The second-order valence-corrected chi connectivity index (χ2v) is 6.47. The minimum atomic E-state index is -0.493. The largest absolute Gasteiger partial charge is 0.461 e. The van der Waals surface area contributed by atoms with Crippen LogP contribution in [0.5, 0.6) is 0 Å². The molecule has 3 aromatic rings. The summed E-state index contributed by atoms with van der Waals surface area (Å²) in [5.74, 6) is 0.0670.